The van der Waals surface area contributed by atoms with E-state index in [0.717, 1.165) is 31.5 Å². The molecule has 17 heteroatoms. The number of hydrogen-bond donors (Lipinski definition) is 2. The summed E-state index contributed by atoms with van der Waals surface area (Å²) in [6.07, 6.45) is -3.18. The fourth-order valence-corrected chi connectivity index (χ4v) is 6.77. The number of halogens is 6. The van der Waals surface area contributed by atoms with Crippen molar-refractivity contribution in [1.82, 2.24) is 39.3 Å². The van der Waals surface area contributed by atoms with Crippen molar-refractivity contribution in [3.63, 3.8) is 0 Å². The van der Waals surface area contributed by atoms with Crippen LogP contribution < -0.4 is 10.6 Å². The van der Waals surface area contributed by atoms with Gasteiger partial charge in [-0.3, -0.25) is 18.7 Å². The van der Waals surface area contributed by atoms with Crippen LogP contribution >= 0.6 is 0 Å². The van der Waals surface area contributed by atoms with Gasteiger partial charge in [-0.15, -0.1) is 0 Å². The number of anilines is 2. The Morgan fingerprint density at radius 2 is 1.77 bits per heavy atom. The highest BCUT2D eigenvalue weighted by atomic mass is 19.4. The second kappa shape index (κ2) is 11.5. The fourth-order valence-electron chi connectivity index (χ4n) is 6.77. The number of carbonyl (C=O) groups excluding carboxylic acids is 2. The maximum atomic E-state index is 15.5. The van der Waals surface area contributed by atoms with Crippen LogP contribution in [-0.4, -0.2) is 91.5 Å². The van der Waals surface area contributed by atoms with E-state index in [9.17, 15) is 31.5 Å². The minimum absolute atomic E-state index is 0.0569. The number of piperidine rings is 1. The highest BCUT2D eigenvalue weighted by Crippen LogP contribution is 2.49. The van der Waals surface area contributed by atoms with Crippen LogP contribution in [0.15, 0.2) is 36.9 Å². The molecule has 3 aromatic heterocycles. The number of rotatable bonds is 7. The molecule has 7 rings (SSSR count). The first-order valence-electron chi connectivity index (χ1n) is 15.0. The monoisotopic (exact) mass is 661 g/mol. The predicted molar refractivity (Wildman–Crippen MR) is 155 cm³/mol. The van der Waals surface area contributed by atoms with Crippen molar-refractivity contribution in [2.24, 2.45) is 17.8 Å². The summed E-state index contributed by atoms with van der Waals surface area (Å²) in [6, 6.07) is 2.66. The minimum atomic E-state index is -4.92. The average Bonchev–Trinajstić information content (AvgIpc) is 3.42. The number of imidazole rings is 1. The number of aromatic nitrogens is 5. The van der Waals surface area contributed by atoms with Gasteiger partial charge in [-0.05, 0) is 49.5 Å². The molecule has 2 aliphatic heterocycles. The topological polar surface area (TPSA) is 113 Å². The zero-order valence-electron chi connectivity index (χ0n) is 24.9. The molecule has 0 radical (unpaired) electrons. The number of carbonyl (C=O) groups is 2. The summed E-state index contributed by atoms with van der Waals surface area (Å²) in [6.45, 7) is 3.62. The third-order valence-corrected chi connectivity index (χ3v) is 9.08. The lowest BCUT2D eigenvalue weighted by molar-refractivity contribution is -0.141. The number of hydrogen-bond acceptors (Lipinski definition) is 7. The van der Waals surface area contributed by atoms with Gasteiger partial charge in [-0.1, -0.05) is 0 Å². The Morgan fingerprint density at radius 1 is 1.06 bits per heavy atom. The molecule has 1 saturated carbocycles. The molecule has 2 N–H and O–H groups in total. The molecule has 1 aromatic carbocycles. The first kappa shape index (κ1) is 31.0. The molecule has 3 aliphatic rings. The Balaban J connectivity index is 1.08. The summed E-state index contributed by atoms with van der Waals surface area (Å²) in [5.74, 6) is -0.221. The van der Waals surface area contributed by atoms with E-state index in [2.05, 4.69) is 25.7 Å². The second-order valence-electron chi connectivity index (χ2n) is 12.0. The minimum Gasteiger partial charge on any atom is -0.339 e. The van der Waals surface area contributed by atoms with Gasteiger partial charge in [0.2, 0.25) is 5.91 Å². The van der Waals surface area contributed by atoms with E-state index >= 15 is 4.39 Å². The molecule has 0 bridgehead atoms. The SMILES string of the molecule is Cc1cc(Nc2nccn3c(-c4cn(CC(F)F)nc4C(F)(F)F)cnc23)cc(F)c1C(=O)N1CCN(C(=O)C2[C@H]3CNC[C@@H]23)CC1. The van der Waals surface area contributed by atoms with Gasteiger partial charge in [-0.2, -0.15) is 18.3 Å². The van der Waals surface area contributed by atoms with Gasteiger partial charge in [0.05, 0.1) is 23.0 Å². The number of piperazine rings is 1. The number of nitrogens with zero attached hydrogens (tertiary/aromatic N) is 7. The van der Waals surface area contributed by atoms with Crippen LogP contribution in [0.5, 0.6) is 0 Å². The van der Waals surface area contributed by atoms with Crippen molar-refractivity contribution in [3.05, 3.63) is 59.6 Å². The molecular formula is C30H29F6N9O2. The molecule has 1 aliphatic carbocycles. The fraction of sp³-hybridized carbons (Fsp3) is 0.433. The standard InChI is InChI=1S/C30H29F6N9O2/c1-15-8-16(9-20(31)23(15)28(46)42-4-6-43(7-5-42)29(47)24-17-10-37-11-18(17)24)40-26-27-39-12-21(45(27)3-2-38-26)19-13-44(14-22(32)33)41-25(19)30(34,35)36/h2-3,8-9,12-13,17-18,22,24,37H,4-7,10-11,14H2,1H3,(H,38,40)/t17-,18+,24?. The van der Waals surface area contributed by atoms with Gasteiger partial charge >= 0.3 is 6.18 Å². The summed E-state index contributed by atoms with van der Waals surface area (Å²) in [5.41, 5.74) is -1.35. The van der Waals surface area contributed by atoms with Gasteiger partial charge < -0.3 is 20.4 Å². The third-order valence-electron chi connectivity index (χ3n) is 9.08. The van der Waals surface area contributed by atoms with Crippen LogP contribution in [0.2, 0.25) is 0 Å². The average molecular weight is 662 g/mol. The van der Waals surface area contributed by atoms with E-state index < -0.39 is 42.1 Å². The number of nitrogens with one attached hydrogen (secondary N) is 2. The van der Waals surface area contributed by atoms with Crippen LogP contribution in [0, 0.1) is 30.5 Å². The van der Waals surface area contributed by atoms with E-state index in [1.165, 1.54) is 21.7 Å². The smallest absolute Gasteiger partial charge is 0.339 e. The molecule has 47 heavy (non-hydrogen) atoms. The van der Waals surface area contributed by atoms with Crippen molar-refractivity contribution < 1.29 is 35.9 Å². The predicted octanol–water partition coefficient (Wildman–Crippen LogP) is 3.82. The van der Waals surface area contributed by atoms with Crippen LogP contribution in [0.1, 0.15) is 21.6 Å². The Hall–Kier alpha value is -4.67. The van der Waals surface area contributed by atoms with Gasteiger partial charge in [0, 0.05) is 56.4 Å². The zero-order chi connectivity index (χ0) is 33.2. The summed E-state index contributed by atoms with van der Waals surface area (Å²) < 4.78 is 84.4. The van der Waals surface area contributed by atoms with Crippen molar-refractivity contribution in [2.75, 3.05) is 44.6 Å². The van der Waals surface area contributed by atoms with E-state index in [4.69, 9.17) is 0 Å². The van der Waals surface area contributed by atoms with E-state index in [1.54, 1.807) is 17.9 Å². The van der Waals surface area contributed by atoms with E-state index in [-0.39, 0.29) is 53.3 Å². The largest absolute Gasteiger partial charge is 0.435 e. The zero-order valence-corrected chi connectivity index (χ0v) is 24.9. The van der Waals surface area contributed by atoms with Crippen LogP contribution in [0.4, 0.5) is 37.8 Å². The molecule has 3 atom stereocenters. The lowest BCUT2D eigenvalue weighted by Crippen LogP contribution is -2.51. The molecule has 5 heterocycles. The molecule has 2 amide bonds. The summed E-state index contributed by atoms with van der Waals surface area (Å²) in [4.78, 5) is 38.0. The molecule has 2 saturated heterocycles. The van der Waals surface area contributed by atoms with Crippen molar-refractivity contribution in [3.8, 4) is 11.3 Å². The van der Waals surface area contributed by atoms with Crippen LogP contribution in [0.3, 0.4) is 0 Å². The van der Waals surface area contributed by atoms with E-state index in [1.807, 2.05) is 0 Å². The van der Waals surface area contributed by atoms with Gasteiger partial charge in [0.25, 0.3) is 12.3 Å². The Labute approximate surface area is 263 Å². The highest BCUT2D eigenvalue weighted by molar-refractivity contribution is 5.97. The van der Waals surface area contributed by atoms with Crippen LogP contribution in [-0.2, 0) is 17.5 Å². The molecule has 11 nitrogen and oxygen atoms in total. The Bertz CT molecular complexity index is 1830. The number of benzene rings is 1. The summed E-state index contributed by atoms with van der Waals surface area (Å²) >= 11 is 0. The van der Waals surface area contributed by atoms with Crippen molar-refractivity contribution in [2.45, 2.75) is 26.1 Å². The Kier molecular flexibility index (Phi) is 7.60. The molecule has 1 unspecified atom stereocenters. The van der Waals surface area contributed by atoms with Gasteiger partial charge in [0.1, 0.15) is 12.4 Å². The van der Waals surface area contributed by atoms with E-state index in [0.29, 0.717) is 35.2 Å². The molecule has 4 aromatic rings. The first-order chi connectivity index (χ1) is 22.4. The van der Waals surface area contributed by atoms with Gasteiger partial charge in [-0.25, -0.2) is 23.1 Å². The number of alkyl halides is 5. The summed E-state index contributed by atoms with van der Waals surface area (Å²) in [5, 5.41) is 9.52. The normalized spacial score (nSPS) is 21.1. The van der Waals surface area contributed by atoms with Crippen LogP contribution in [0.25, 0.3) is 16.9 Å². The van der Waals surface area contributed by atoms with Crippen molar-refractivity contribution >= 4 is 29.0 Å². The van der Waals surface area contributed by atoms with Gasteiger partial charge in [0.15, 0.2) is 17.2 Å². The number of amides is 2. The second-order valence-corrected chi connectivity index (χ2v) is 12.0. The summed E-state index contributed by atoms with van der Waals surface area (Å²) in [7, 11) is 0. The maximum absolute atomic E-state index is 15.5. The third kappa shape index (κ3) is 5.65. The molecule has 248 valence electrons. The molecule has 3 fully saturated rings. The lowest BCUT2D eigenvalue weighted by Gasteiger charge is -2.35. The molecule has 0 spiro atoms. The first-order valence-corrected chi connectivity index (χ1v) is 15.0. The Morgan fingerprint density at radius 3 is 2.43 bits per heavy atom. The lowest BCUT2D eigenvalue weighted by atomic mass is 10.0. The number of fused-ring (bicyclic) bond motifs is 2. The van der Waals surface area contributed by atoms with Crippen molar-refractivity contribution in [1.29, 1.82) is 0 Å². The quantitative estimate of drug-likeness (QED) is 0.290. The maximum Gasteiger partial charge on any atom is 0.435 e. The molecular weight excluding hydrogens is 632 g/mol. The number of aryl methyl sites for hydroxylation is 1. The highest BCUT2D eigenvalue weighted by Gasteiger charge is 2.58.